The van der Waals surface area contributed by atoms with Gasteiger partial charge < -0.3 is 4.74 Å². The van der Waals surface area contributed by atoms with Crippen molar-refractivity contribution in [1.82, 2.24) is 0 Å². The van der Waals surface area contributed by atoms with Crippen LogP contribution in [-0.4, -0.2) is 15.5 Å². The normalized spacial score (nSPS) is 11.2. The van der Waals surface area contributed by atoms with Gasteiger partial charge in [-0.2, -0.15) is 0 Å². The lowest BCUT2D eigenvalue weighted by Crippen LogP contribution is -2.14. The fourth-order valence-electron chi connectivity index (χ4n) is 1.77. The number of methoxy groups -OCH3 is 1. The molecule has 4 nitrogen and oxygen atoms in total. The van der Waals surface area contributed by atoms with Crippen LogP contribution in [0.2, 0.25) is 10.0 Å². The zero-order valence-corrected chi connectivity index (χ0v) is 13.7. The number of hydrogen-bond donors (Lipinski definition) is 1. The van der Waals surface area contributed by atoms with Gasteiger partial charge in [0.1, 0.15) is 10.6 Å². The minimum atomic E-state index is -3.81. The van der Waals surface area contributed by atoms with E-state index in [1.54, 1.807) is 31.2 Å². The summed E-state index contributed by atoms with van der Waals surface area (Å²) in [5.74, 6) is 0.334. The van der Waals surface area contributed by atoms with Crippen molar-refractivity contribution >= 4 is 38.9 Å². The third kappa shape index (κ3) is 3.43. The van der Waals surface area contributed by atoms with Gasteiger partial charge in [-0.25, -0.2) is 8.42 Å². The maximum atomic E-state index is 12.4. The van der Waals surface area contributed by atoms with E-state index in [1.807, 2.05) is 0 Å². The summed E-state index contributed by atoms with van der Waals surface area (Å²) in [7, 11) is -2.37. The summed E-state index contributed by atoms with van der Waals surface area (Å²) < 4.78 is 32.4. The van der Waals surface area contributed by atoms with E-state index < -0.39 is 10.0 Å². The van der Waals surface area contributed by atoms with E-state index in [4.69, 9.17) is 27.9 Å². The second-order valence-electron chi connectivity index (χ2n) is 4.34. The zero-order chi connectivity index (χ0) is 15.6. The first-order valence-electron chi connectivity index (χ1n) is 5.96. The summed E-state index contributed by atoms with van der Waals surface area (Å²) in [4.78, 5) is 0.00122. The topological polar surface area (TPSA) is 55.4 Å². The van der Waals surface area contributed by atoms with Gasteiger partial charge in [-0.05, 0) is 30.7 Å². The molecule has 0 aliphatic rings. The third-order valence-corrected chi connectivity index (χ3v) is 5.12. The van der Waals surface area contributed by atoms with Crippen LogP contribution in [0, 0.1) is 6.92 Å². The summed E-state index contributed by atoms with van der Waals surface area (Å²) in [6.07, 6.45) is 0. The SMILES string of the molecule is COc1cc(Cl)c(C)cc1NS(=O)(=O)c1ccccc1Cl. The second kappa shape index (κ2) is 6.13. The van der Waals surface area contributed by atoms with Gasteiger partial charge >= 0.3 is 0 Å². The van der Waals surface area contributed by atoms with Crippen LogP contribution in [0.5, 0.6) is 5.75 Å². The largest absolute Gasteiger partial charge is 0.495 e. The third-order valence-electron chi connectivity index (χ3n) is 2.85. The Morgan fingerprint density at radius 1 is 1.10 bits per heavy atom. The fourth-order valence-corrected chi connectivity index (χ4v) is 3.51. The molecule has 2 aromatic carbocycles. The second-order valence-corrected chi connectivity index (χ2v) is 6.80. The first-order valence-corrected chi connectivity index (χ1v) is 8.20. The first kappa shape index (κ1) is 15.9. The fraction of sp³-hybridized carbons (Fsp3) is 0.143. The summed E-state index contributed by atoms with van der Waals surface area (Å²) in [6, 6.07) is 9.37. The average Bonchev–Trinajstić information content (AvgIpc) is 2.42. The van der Waals surface area contributed by atoms with Gasteiger partial charge in [-0.3, -0.25) is 4.72 Å². The molecule has 0 fully saturated rings. The molecule has 0 spiro atoms. The highest BCUT2D eigenvalue weighted by atomic mass is 35.5. The van der Waals surface area contributed by atoms with Crippen molar-refractivity contribution in [2.75, 3.05) is 11.8 Å². The van der Waals surface area contributed by atoms with E-state index in [1.165, 1.54) is 19.2 Å². The van der Waals surface area contributed by atoms with E-state index in [0.717, 1.165) is 5.56 Å². The van der Waals surface area contributed by atoms with Crippen molar-refractivity contribution in [2.45, 2.75) is 11.8 Å². The lowest BCUT2D eigenvalue weighted by atomic mass is 10.2. The van der Waals surface area contributed by atoms with E-state index in [-0.39, 0.29) is 9.92 Å². The molecule has 0 unspecified atom stereocenters. The monoisotopic (exact) mass is 345 g/mol. The highest BCUT2D eigenvalue weighted by molar-refractivity contribution is 7.92. The number of nitrogens with one attached hydrogen (secondary N) is 1. The number of benzene rings is 2. The molecule has 0 bridgehead atoms. The molecule has 0 saturated carbocycles. The van der Waals surface area contributed by atoms with Crippen molar-refractivity contribution in [1.29, 1.82) is 0 Å². The molecule has 0 aromatic heterocycles. The van der Waals surface area contributed by atoms with Gasteiger partial charge in [-0.15, -0.1) is 0 Å². The Morgan fingerprint density at radius 3 is 2.38 bits per heavy atom. The van der Waals surface area contributed by atoms with Gasteiger partial charge in [0.15, 0.2) is 0 Å². The van der Waals surface area contributed by atoms with Gasteiger partial charge in [0.05, 0.1) is 17.8 Å². The van der Waals surface area contributed by atoms with E-state index in [9.17, 15) is 8.42 Å². The minimum Gasteiger partial charge on any atom is -0.495 e. The number of aryl methyl sites for hydroxylation is 1. The zero-order valence-electron chi connectivity index (χ0n) is 11.4. The van der Waals surface area contributed by atoms with Crippen LogP contribution in [0.4, 0.5) is 5.69 Å². The van der Waals surface area contributed by atoms with Gasteiger partial charge in [0, 0.05) is 11.1 Å². The summed E-state index contributed by atoms with van der Waals surface area (Å²) >= 11 is 11.9. The Kier molecular flexibility index (Phi) is 4.66. The van der Waals surface area contributed by atoms with Crippen LogP contribution in [0.3, 0.4) is 0 Å². The van der Waals surface area contributed by atoms with E-state index in [2.05, 4.69) is 4.72 Å². The van der Waals surface area contributed by atoms with Crippen LogP contribution in [-0.2, 0) is 10.0 Å². The molecular weight excluding hydrogens is 333 g/mol. The Hall–Kier alpha value is -1.43. The molecule has 21 heavy (non-hydrogen) atoms. The predicted octanol–water partition coefficient (Wildman–Crippen LogP) is 4.11. The van der Waals surface area contributed by atoms with E-state index >= 15 is 0 Å². The van der Waals surface area contributed by atoms with Gasteiger partial charge in [0.25, 0.3) is 10.0 Å². The van der Waals surface area contributed by atoms with Crippen LogP contribution >= 0.6 is 23.2 Å². The highest BCUT2D eigenvalue weighted by Gasteiger charge is 2.20. The molecule has 0 atom stereocenters. The van der Waals surface area contributed by atoms with E-state index in [0.29, 0.717) is 16.5 Å². The van der Waals surface area contributed by atoms with Gasteiger partial charge in [-0.1, -0.05) is 35.3 Å². The number of rotatable bonds is 4. The minimum absolute atomic E-state index is 0.00122. The van der Waals surface area contributed by atoms with Crippen molar-refractivity contribution < 1.29 is 13.2 Å². The van der Waals surface area contributed by atoms with Crippen molar-refractivity contribution in [2.24, 2.45) is 0 Å². The van der Waals surface area contributed by atoms with Crippen LogP contribution in [0.25, 0.3) is 0 Å². The summed E-state index contributed by atoms with van der Waals surface area (Å²) in [6.45, 7) is 1.77. The molecule has 2 rings (SSSR count). The quantitative estimate of drug-likeness (QED) is 0.906. The Morgan fingerprint density at radius 2 is 1.76 bits per heavy atom. The smallest absolute Gasteiger partial charge is 0.263 e. The van der Waals surface area contributed by atoms with Crippen LogP contribution in [0.1, 0.15) is 5.56 Å². The number of anilines is 1. The number of halogens is 2. The molecule has 1 N–H and O–H groups in total. The number of sulfonamides is 1. The molecule has 112 valence electrons. The maximum absolute atomic E-state index is 12.4. The molecular formula is C14H13Cl2NO3S. The Labute approximate surface area is 133 Å². The molecule has 0 amide bonds. The molecule has 0 saturated heterocycles. The Bertz CT molecular complexity index is 776. The average molecular weight is 346 g/mol. The number of hydrogen-bond acceptors (Lipinski definition) is 3. The standard InChI is InChI=1S/C14H13Cl2NO3S/c1-9-7-12(13(20-2)8-11(9)16)17-21(18,19)14-6-4-3-5-10(14)15/h3-8,17H,1-2H3. The maximum Gasteiger partial charge on any atom is 0.263 e. The Balaban J connectivity index is 2.47. The number of ether oxygens (including phenoxy) is 1. The van der Waals surface area contributed by atoms with Crippen molar-refractivity contribution in [3.8, 4) is 5.75 Å². The summed E-state index contributed by atoms with van der Waals surface area (Å²) in [5, 5.41) is 0.641. The lowest BCUT2D eigenvalue weighted by Gasteiger charge is -2.14. The van der Waals surface area contributed by atoms with Crippen LogP contribution in [0.15, 0.2) is 41.3 Å². The van der Waals surface area contributed by atoms with Crippen molar-refractivity contribution in [3.05, 3.63) is 52.0 Å². The van der Waals surface area contributed by atoms with Crippen molar-refractivity contribution in [3.63, 3.8) is 0 Å². The van der Waals surface area contributed by atoms with Crippen LogP contribution < -0.4 is 9.46 Å². The highest BCUT2D eigenvalue weighted by Crippen LogP contribution is 2.33. The molecule has 2 aromatic rings. The lowest BCUT2D eigenvalue weighted by molar-refractivity contribution is 0.417. The molecule has 7 heteroatoms. The summed E-state index contributed by atoms with van der Waals surface area (Å²) in [5.41, 5.74) is 1.04. The molecule has 0 radical (unpaired) electrons. The first-order chi connectivity index (χ1) is 9.85. The molecule has 0 aliphatic heterocycles. The predicted molar refractivity (Wildman–Crippen MR) is 85.0 cm³/mol. The van der Waals surface area contributed by atoms with Gasteiger partial charge in [0.2, 0.25) is 0 Å². The molecule has 0 aliphatic carbocycles. The molecule has 0 heterocycles.